The Hall–Kier alpha value is -0.480. The first-order valence-corrected chi connectivity index (χ1v) is 7.85. The van der Waals surface area contributed by atoms with Gasteiger partial charge in [-0.3, -0.25) is 0 Å². The van der Waals surface area contributed by atoms with Gasteiger partial charge in [0, 0.05) is 36.2 Å². The average Bonchev–Trinajstić information content (AvgIpc) is 2.87. The molecule has 1 aromatic rings. The Labute approximate surface area is 129 Å². The molecule has 1 saturated carbocycles. The van der Waals surface area contributed by atoms with E-state index in [1.165, 1.54) is 6.42 Å². The van der Waals surface area contributed by atoms with Crippen molar-refractivity contribution in [1.82, 2.24) is 5.32 Å². The molecule has 0 aromatic heterocycles. The van der Waals surface area contributed by atoms with Crippen molar-refractivity contribution in [2.24, 2.45) is 0 Å². The van der Waals surface area contributed by atoms with Gasteiger partial charge in [0.25, 0.3) is 0 Å². The van der Waals surface area contributed by atoms with Crippen molar-refractivity contribution >= 4 is 23.2 Å². The Kier molecular flexibility index (Phi) is 4.41. The Morgan fingerprint density at radius 2 is 2.10 bits per heavy atom. The van der Waals surface area contributed by atoms with Crippen LogP contribution in [0.5, 0.6) is 5.75 Å². The fourth-order valence-electron chi connectivity index (χ4n) is 3.26. The highest BCUT2D eigenvalue weighted by Gasteiger charge is 2.32. The van der Waals surface area contributed by atoms with Gasteiger partial charge in [-0.25, -0.2) is 0 Å². The molecule has 0 bridgehead atoms. The molecule has 1 heterocycles. The zero-order chi connectivity index (χ0) is 14.1. The van der Waals surface area contributed by atoms with Crippen molar-refractivity contribution in [3.8, 4) is 5.75 Å². The second kappa shape index (κ2) is 6.10. The number of methoxy groups -OCH3 is 1. The van der Waals surface area contributed by atoms with E-state index in [0.29, 0.717) is 28.8 Å². The van der Waals surface area contributed by atoms with Crippen molar-refractivity contribution in [3.05, 3.63) is 27.7 Å². The third-order valence-corrected chi connectivity index (χ3v) is 4.73. The maximum absolute atomic E-state index is 6.22. The molecule has 1 fully saturated rings. The van der Waals surface area contributed by atoms with Crippen LogP contribution in [0, 0.1) is 0 Å². The lowest BCUT2D eigenvalue weighted by atomic mass is 9.99. The summed E-state index contributed by atoms with van der Waals surface area (Å²) in [4.78, 5) is 0. The largest absolute Gasteiger partial charge is 0.492 e. The SMILES string of the molecule is COC1CCCC1NC1CCOc2c(Cl)cc(Cl)cc21. The molecule has 110 valence electrons. The van der Waals surface area contributed by atoms with Crippen LogP contribution in [-0.4, -0.2) is 25.9 Å². The predicted octanol–water partition coefficient (Wildman–Crippen LogP) is 3.97. The predicted molar refractivity (Wildman–Crippen MR) is 80.9 cm³/mol. The average molecular weight is 316 g/mol. The summed E-state index contributed by atoms with van der Waals surface area (Å²) in [7, 11) is 1.79. The van der Waals surface area contributed by atoms with Gasteiger partial charge in [0.2, 0.25) is 0 Å². The minimum atomic E-state index is 0.232. The monoisotopic (exact) mass is 315 g/mol. The molecule has 2 aliphatic rings. The van der Waals surface area contributed by atoms with Crippen LogP contribution in [0.25, 0.3) is 0 Å². The second-order valence-electron chi connectivity index (χ2n) is 5.47. The summed E-state index contributed by atoms with van der Waals surface area (Å²) >= 11 is 12.4. The molecule has 0 spiro atoms. The van der Waals surface area contributed by atoms with Crippen LogP contribution in [0.2, 0.25) is 10.0 Å². The van der Waals surface area contributed by atoms with Crippen LogP contribution < -0.4 is 10.1 Å². The number of ether oxygens (including phenoxy) is 2. The van der Waals surface area contributed by atoms with Crippen LogP contribution >= 0.6 is 23.2 Å². The van der Waals surface area contributed by atoms with Crippen LogP contribution in [-0.2, 0) is 4.74 Å². The zero-order valence-corrected chi connectivity index (χ0v) is 13.0. The van der Waals surface area contributed by atoms with Crippen molar-refractivity contribution < 1.29 is 9.47 Å². The molecule has 0 radical (unpaired) electrons. The number of halogens is 2. The number of nitrogens with one attached hydrogen (secondary N) is 1. The summed E-state index contributed by atoms with van der Waals surface area (Å²) < 4.78 is 11.3. The fraction of sp³-hybridized carbons (Fsp3) is 0.600. The summed E-state index contributed by atoms with van der Waals surface area (Å²) in [5, 5.41) is 4.95. The number of benzene rings is 1. The normalized spacial score (nSPS) is 29.1. The summed E-state index contributed by atoms with van der Waals surface area (Å²) in [5.41, 5.74) is 1.07. The van der Waals surface area contributed by atoms with Gasteiger partial charge < -0.3 is 14.8 Å². The third-order valence-electron chi connectivity index (χ3n) is 4.24. The van der Waals surface area contributed by atoms with Gasteiger partial charge in [-0.05, 0) is 31.4 Å². The van der Waals surface area contributed by atoms with E-state index in [1.54, 1.807) is 13.2 Å². The number of hydrogen-bond donors (Lipinski definition) is 1. The lowest BCUT2D eigenvalue weighted by Crippen LogP contribution is -2.40. The third kappa shape index (κ3) is 2.77. The van der Waals surface area contributed by atoms with Crippen LogP contribution in [0.3, 0.4) is 0 Å². The van der Waals surface area contributed by atoms with E-state index in [0.717, 1.165) is 30.6 Å². The van der Waals surface area contributed by atoms with E-state index in [-0.39, 0.29) is 6.04 Å². The molecule has 1 N–H and O–H groups in total. The quantitative estimate of drug-likeness (QED) is 0.915. The van der Waals surface area contributed by atoms with E-state index < -0.39 is 0 Å². The first-order valence-electron chi connectivity index (χ1n) is 7.09. The zero-order valence-electron chi connectivity index (χ0n) is 11.5. The highest BCUT2D eigenvalue weighted by Crippen LogP contribution is 2.40. The first kappa shape index (κ1) is 14.5. The fourth-order valence-corrected chi connectivity index (χ4v) is 3.82. The molecule has 3 nitrogen and oxygen atoms in total. The Morgan fingerprint density at radius 3 is 2.90 bits per heavy atom. The van der Waals surface area contributed by atoms with Gasteiger partial charge in [0.05, 0.1) is 17.7 Å². The number of fused-ring (bicyclic) bond motifs is 1. The van der Waals surface area contributed by atoms with Gasteiger partial charge in [0.15, 0.2) is 0 Å². The maximum Gasteiger partial charge on any atom is 0.142 e. The topological polar surface area (TPSA) is 30.5 Å². The van der Waals surface area contributed by atoms with E-state index in [9.17, 15) is 0 Å². The van der Waals surface area contributed by atoms with Crippen molar-refractivity contribution in [1.29, 1.82) is 0 Å². The number of rotatable bonds is 3. The lowest BCUT2D eigenvalue weighted by Gasteiger charge is -2.31. The Morgan fingerprint density at radius 1 is 1.25 bits per heavy atom. The molecule has 1 aliphatic heterocycles. The highest BCUT2D eigenvalue weighted by atomic mass is 35.5. The van der Waals surface area contributed by atoms with Crippen molar-refractivity contribution in [3.63, 3.8) is 0 Å². The molecule has 5 heteroatoms. The van der Waals surface area contributed by atoms with E-state index in [1.807, 2.05) is 6.07 Å². The van der Waals surface area contributed by atoms with E-state index in [2.05, 4.69) is 5.32 Å². The van der Waals surface area contributed by atoms with Crippen molar-refractivity contribution in [2.75, 3.05) is 13.7 Å². The molecule has 3 unspecified atom stereocenters. The molecule has 1 aromatic carbocycles. The molecule has 20 heavy (non-hydrogen) atoms. The minimum absolute atomic E-state index is 0.232. The van der Waals surface area contributed by atoms with E-state index in [4.69, 9.17) is 32.7 Å². The van der Waals surface area contributed by atoms with Gasteiger partial charge in [0.1, 0.15) is 5.75 Å². The molecule has 1 aliphatic carbocycles. The van der Waals surface area contributed by atoms with E-state index >= 15 is 0 Å². The highest BCUT2D eigenvalue weighted by molar-refractivity contribution is 6.35. The van der Waals surface area contributed by atoms with Gasteiger partial charge >= 0.3 is 0 Å². The molecular weight excluding hydrogens is 297 g/mol. The standard InChI is InChI=1S/C15H19Cl2NO2/c1-19-14-4-2-3-13(14)18-12-5-6-20-15-10(12)7-9(16)8-11(15)17/h7-8,12-14,18H,2-6H2,1H3. The maximum atomic E-state index is 6.22. The Bertz CT molecular complexity index is 495. The molecule has 3 rings (SSSR count). The smallest absolute Gasteiger partial charge is 0.142 e. The van der Waals surface area contributed by atoms with Crippen LogP contribution in [0.1, 0.15) is 37.3 Å². The molecular formula is C15H19Cl2NO2. The van der Waals surface area contributed by atoms with Crippen molar-refractivity contribution in [2.45, 2.75) is 43.9 Å². The van der Waals surface area contributed by atoms with Gasteiger partial charge in [-0.15, -0.1) is 0 Å². The minimum Gasteiger partial charge on any atom is -0.492 e. The number of hydrogen-bond acceptors (Lipinski definition) is 3. The summed E-state index contributed by atoms with van der Waals surface area (Å²) in [6.45, 7) is 0.677. The summed E-state index contributed by atoms with van der Waals surface area (Å²) in [6, 6.07) is 4.32. The second-order valence-corrected chi connectivity index (χ2v) is 6.32. The van der Waals surface area contributed by atoms with Crippen LogP contribution in [0.15, 0.2) is 12.1 Å². The molecule has 0 amide bonds. The first-order chi connectivity index (χ1) is 9.69. The van der Waals surface area contributed by atoms with Crippen LogP contribution in [0.4, 0.5) is 0 Å². The summed E-state index contributed by atoms with van der Waals surface area (Å²) in [5.74, 6) is 0.770. The Balaban J connectivity index is 1.83. The lowest BCUT2D eigenvalue weighted by molar-refractivity contribution is 0.0784. The summed E-state index contributed by atoms with van der Waals surface area (Å²) in [6.07, 6.45) is 4.72. The van der Waals surface area contributed by atoms with Gasteiger partial charge in [-0.2, -0.15) is 0 Å². The molecule has 3 atom stereocenters. The molecule has 0 saturated heterocycles. The van der Waals surface area contributed by atoms with Gasteiger partial charge in [-0.1, -0.05) is 23.2 Å².